The second kappa shape index (κ2) is 16.6. The summed E-state index contributed by atoms with van der Waals surface area (Å²) in [6, 6.07) is 24.3. The maximum Gasteiger partial charge on any atom is 0.336 e. The summed E-state index contributed by atoms with van der Waals surface area (Å²) in [7, 11) is 6.21. The lowest BCUT2D eigenvalue weighted by molar-refractivity contribution is -0.129. The van der Waals surface area contributed by atoms with E-state index in [0.717, 1.165) is 22.3 Å². The highest BCUT2D eigenvalue weighted by atomic mass is 16.5. The Morgan fingerprint density at radius 1 is 0.478 bits per heavy atom. The highest BCUT2D eigenvalue weighted by molar-refractivity contribution is 5.90. The number of rotatable bonds is 13. The molecule has 0 radical (unpaired) electrons. The zero-order chi connectivity index (χ0) is 32.7. The molecule has 4 aromatic carbocycles. The molecule has 234 valence electrons. The van der Waals surface area contributed by atoms with Gasteiger partial charge in [0.15, 0.2) is 23.0 Å². The first-order valence-corrected chi connectivity index (χ1v) is 13.9. The van der Waals surface area contributed by atoms with Crippen molar-refractivity contribution in [1.82, 2.24) is 0 Å². The summed E-state index contributed by atoms with van der Waals surface area (Å²) in [5, 5.41) is 8.12. The van der Waals surface area contributed by atoms with E-state index >= 15 is 0 Å². The number of esters is 2. The fourth-order valence-electron chi connectivity index (χ4n) is 3.99. The van der Waals surface area contributed by atoms with Crippen LogP contribution in [0.3, 0.4) is 0 Å². The summed E-state index contributed by atoms with van der Waals surface area (Å²) in [6.07, 6.45) is 9.07. The van der Waals surface area contributed by atoms with E-state index in [9.17, 15) is 9.59 Å². The molecule has 0 aliphatic rings. The van der Waals surface area contributed by atoms with Gasteiger partial charge in [-0.3, -0.25) is 0 Å². The molecule has 0 aliphatic heterocycles. The van der Waals surface area contributed by atoms with Crippen LogP contribution in [0.25, 0.3) is 12.2 Å². The number of benzene rings is 4. The van der Waals surface area contributed by atoms with Crippen molar-refractivity contribution in [2.75, 3.05) is 28.4 Å². The number of hydrogen-bond donors (Lipinski definition) is 0. The lowest BCUT2D eigenvalue weighted by Gasteiger charge is -2.07. The maximum absolute atomic E-state index is 12.2. The van der Waals surface area contributed by atoms with Gasteiger partial charge >= 0.3 is 11.9 Å². The second-order valence-electron chi connectivity index (χ2n) is 9.36. The van der Waals surface area contributed by atoms with Gasteiger partial charge in [0, 0.05) is 12.2 Å². The molecule has 0 amide bonds. The van der Waals surface area contributed by atoms with Crippen LogP contribution in [0, 0.1) is 0 Å². The molecule has 4 rings (SSSR count). The minimum Gasteiger partial charge on any atom is -0.493 e. The average Bonchev–Trinajstić information content (AvgIpc) is 3.09. The standard InChI is InChI=1S/C36H32N2O8/c1-41-31-17-9-25(21-33(31)43-3)11-19-35(39)45-29-13-5-27(6-14-29)23-37-38-24-28-7-15-30(16-8-28)46-36(40)20-12-26-10-18-32(42-2)34(22-26)44-4/h5-24H,1-4H3/b19-11+,20-12+,37-23+,38-24+. The van der Waals surface area contributed by atoms with Gasteiger partial charge in [0.1, 0.15) is 11.5 Å². The van der Waals surface area contributed by atoms with E-state index in [2.05, 4.69) is 10.2 Å². The van der Waals surface area contributed by atoms with Crippen molar-refractivity contribution in [2.45, 2.75) is 0 Å². The number of ether oxygens (including phenoxy) is 6. The summed E-state index contributed by atoms with van der Waals surface area (Å²) >= 11 is 0. The van der Waals surface area contributed by atoms with Crippen LogP contribution in [0.2, 0.25) is 0 Å². The molecular weight excluding hydrogens is 588 g/mol. The van der Waals surface area contributed by atoms with Crippen LogP contribution < -0.4 is 28.4 Å². The molecular formula is C36H32N2O8. The van der Waals surface area contributed by atoms with Gasteiger partial charge in [0.25, 0.3) is 0 Å². The van der Waals surface area contributed by atoms with Gasteiger partial charge in [-0.15, -0.1) is 0 Å². The Balaban J connectivity index is 1.23. The van der Waals surface area contributed by atoms with Gasteiger partial charge in [-0.25, -0.2) is 9.59 Å². The molecule has 0 aromatic heterocycles. The first-order valence-electron chi connectivity index (χ1n) is 13.9. The van der Waals surface area contributed by atoms with Crippen molar-refractivity contribution in [2.24, 2.45) is 10.2 Å². The first-order chi connectivity index (χ1) is 22.4. The topological polar surface area (TPSA) is 114 Å². The molecule has 4 aromatic rings. The van der Waals surface area contributed by atoms with Crippen molar-refractivity contribution in [1.29, 1.82) is 0 Å². The molecule has 0 fully saturated rings. The van der Waals surface area contributed by atoms with E-state index < -0.39 is 11.9 Å². The number of carbonyl (C=O) groups excluding carboxylic acids is 2. The molecule has 10 heteroatoms. The van der Waals surface area contributed by atoms with Gasteiger partial charge in [0.2, 0.25) is 0 Å². The third kappa shape index (κ3) is 9.68. The quantitative estimate of drug-likeness (QED) is 0.0554. The largest absolute Gasteiger partial charge is 0.493 e. The third-order valence-corrected chi connectivity index (χ3v) is 6.32. The lowest BCUT2D eigenvalue weighted by Crippen LogP contribution is -2.03. The molecule has 0 saturated heterocycles. The van der Waals surface area contributed by atoms with E-state index in [1.165, 1.54) is 12.2 Å². The number of nitrogens with zero attached hydrogens (tertiary/aromatic N) is 2. The van der Waals surface area contributed by atoms with Gasteiger partial charge in [-0.1, -0.05) is 12.1 Å². The number of carbonyl (C=O) groups is 2. The van der Waals surface area contributed by atoms with Crippen molar-refractivity contribution in [3.63, 3.8) is 0 Å². The molecule has 0 atom stereocenters. The van der Waals surface area contributed by atoms with Crippen molar-refractivity contribution in [3.8, 4) is 34.5 Å². The molecule has 0 saturated carbocycles. The Bertz CT molecular complexity index is 1630. The molecule has 0 aliphatic carbocycles. The number of methoxy groups -OCH3 is 4. The van der Waals surface area contributed by atoms with Crippen molar-refractivity contribution < 1.29 is 38.0 Å². The maximum atomic E-state index is 12.2. The van der Waals surface area contributed by atoms with Gasteiger partial charge in [0.05, 0.1) is 40.9 Å². The van der Waals surface area contributed by atoms with Gasteiger partial charge in [-0.05, 0) is 107 Å². The molecule has 46 heavy (non-hydrogen) atoms. The minimum absolute atomic E-state index is 0.389. The fraction of sp³-hybridized carbons (Fsp3) is 0.111. The van der Waals surface area contributed by atoms with E-state index in [1.54, 1.807) is 138 Å². The zero-order valence-electron chi connectivity index (χ0n) is 25.7. The smallest absolute Gasteiger partial charge is 0.336 e. The van der Waals surface area contributed by atoms with Crippen LogP contribution in [0.15, 0.2) is 107 Å². The Morgan fingerprint density at radius 2 is 0.826 bits per heavy atom. The minimum atomic E-state index is -0.521. The van der Waals surface area contributed by atoms with Crippen LogP contribution >= 0.6 is 0 Å². The Hall–Kier alpha value is -6.16. The molecule has 10 nitrogen and oxygen atoms in total. The monoisotopic (exact) mass is 620 g/mol. The highest BCUT2D eigenvalue weighted by Gasteiger charge is 2.06. The summed E-state index contributed by atoms with van der Waals surface area (Å²) in [5.41, 5.74) is 3.05. The third-order valence-electron chi connectivity index (χ3n) is 6.32. The predicted octanol–water partition coefficient (Wildman–Crippen LogP) is 6.41. The van der Waals surface area contributed by atoms with Gasteiger partial charge in [-0.2, -0.15) is 10.2 Å². The van der Waals surface area contributed by atoms with E-state index in [-0.39, 0.29) is 0 Å². The second-order valence-corrected chi connectivity index (χ2v) is 9.36. The van der Waals surface area contributed by atoms with Gasteiger partial charge < -0.3 is 28.4 Å². The Morgan fingerprint density at radius 3 is 1.17 bits per heavy atom. The SMILES string of the molecule is COc1ccc(/C=C/C(=O)Oc2ccc(/C=N/N=C/c3ccc(OC(=O)/C=C/c4ccc(OC)c(OC)c4)cc3)cc2)cc1OC. The molecule has 0 heterocycles. The van der Waals surface area contributed by atoms with Crippen LogP contribution in [0.4, 0.5) is 0 Å². The van der Waals surface area contributed by atoms with Crippen LogP contribution in [-0.2, 0) is 9.59 Å². The summed E-state index contributed by atoms with van der Waals surface area (Å²) in [4.78, 5) is 24.5. The van der Waals surface area contributed by atoms with Crippen molar-refractivity contribution >= 4 is 36.5 Å². The Kier molecular flexibility index (Phi) is 11.8. The zero-order valence-corrected chi connectivity index (χ0v) is 25.7. The first kappa shape index (κ1) is 32.7. The van der Waals surface area contributed by atoms with Crippen LogP contribution in [-0.4, -0.2) is 52.8 Å². The normalized spacial score (nSPS) is 11.3. The highest BCUT2D eigenvalue weighted by Crippen LogP contribution is 2.29. The molecule has 0 bridgehead atoms. The van der Waals surface area contributed by atoms with E-state index in [0.29, 0.717) is 34.5 Å². The Labute approximate surface area is 266 Å². The van der Waals surface area contributed by atoms with E-state index in [1.807, 2.05) is 0 Å². The summed E-state index contributed by atoms with van der Waals surface area (Å²) < 4.78 is 31.7. The molecule has 0 spiro atoms. The lowest BCUT2D eigenvalue weighted by atomic mass is 10.2. The molecule has 0 unspecified atom stereocenters. The predicted molar refractivity (Wildman–Crippen MR) is 177 cm³/mol. The summed E-state index contributed by atoms with van der Waals surface area (Å²) in [5.74, 6) is 2.06. The van der Waals surface area contributed by atoms with Crippen LogP contribution in [0.1, 0.15) is 22.3 Å². The molecule has 0 N–H and O–H groups in total. The average molecular weight is 621 g/mol. The van der Waals surface area contributed by atoms with Crippen molar-refractivity contribution in [3.05, 3.63) is 119 Å². The number of hydrogen-bond acceptors (Lipinski definition) is 10. The van der Waals surface area contributed by atoms with Crippen LogP contribution in [0.5, 0.6) is 34.5 Å². The fourth-order valence-corrected chi connectivity index (χ4v) is 3.99. The van der Waals surface area contributed by atoms with E-state index in [4.69, 9.17) is 28.4 Å². The summed E-state index contributed by atoms with van der Waals surface area (Å²) in [6.45, 7) is 0.